The van der Waals surface area contributed by atoms with Crippen LogP contribution in [0.25, 0.3) is 0 Å². The van der Waals surface area contributed by atoms with Crippen LogP contribution in [0.1, 0.15) is 29.8 Å². The molecule has 1 aromatic carbocycles. The molecule has 3 rings (SSSR count). The minimum Gasteiger partial charge on any atom is -0.487 e. The van der Waals surface area contributed by atoms with Crippen molar-refractivity contribution in [3.63, 3.8) is 0 Å². The number of ether oxygens (including phenoxy) is 2. The van der Waals surface area contributed by atoms with Crippen molar-refractivity contribution in [3.05, 3.63) is 23.3 Å². The normalized spacial score (nSPS) is 20.5. The molecule has 2 aliphatic rings. The smallest absolute Gasteiger partial charge is 0.335 e. The van der Waals surface area contributed by atoms with Crippen LogP contribution >= 0.6 is 0 Å². The van der Waals surface area contributed by atoms with Crippen LogP contribution in [-0.4, -0.2) is 54.8 Å². The Bertz CT molecular complexity index is 764. The molecule has 1 aromatic rings. The summed E-state index contributed by atoms with van der Waals surface area (Å²) in [7, 11) is -3.21. The lowest BCUT2D eigenvalue weighted by atomic mass is 9.99. The number of carboxylic acid groups (broad SMARTS) is 1. The molecular weight excluding hydrogens is 322 g/mol. The van der Waals surface area contributed by atoms with Gasteiger partial charge in [0, 0.05) is 12.0 Å². The zero-order valence-corrected chi connectivity index (χ0v) is 14.0. The second-order valence-corrected chi connectivity index (χ2v) is 8.60. The summed E-state index contributed by atoms with van der Waals surface area (Å²) in [5.74, 6) is -0.0786. The van der Waals surface area contributed by atoms with E-state index in [1.54, 1.807) is 0 Å². The van der Waals surface area contributed by atoms with Crippen LogP contribution in [0.2, 0.25) is 0 Å². The lowest BCUT2D eigenvalue weighted by Crippen LogP contribution is -2.55. The van der Waals surface area contributed by atoms with Gasteiger partial charge in [0.2, 0.25) is 10.0 Å². The van der Waals surface area contributed by atoms with Crippen molar-refractivity contribution in [2.24, 2.45) is 0 Å². The van der Waals surface area contributed by atoms with Gasteiger partial charge in [0.25, 0.3) is 0 Å². The van der Waals surface area contributed by atoms with Crippen molar-refractivity contribution >= 4 is 16.0 Å². The van der Waals surface area contributed by atoms with E-state index in [1.165, 1.54) is 16.4 Å². The highest BCUT2D eigenvalue weighted by atomic mass is 32.2. The van der Waals surface area contributed by atoms with Gasteiger partial charge >= 0.3 is 5.97 Å². The highest BCUT2D eigenvalue weighted by Gasteiger charge is 2.38. The van der Waals surface area contributed by atoms with E-state index in [4.69, 9.17) is 9.47 Å². The van der Waals surface area contributed by atoms with Gasteiger partial charge in [-0.15, -0.1) is 0 Å². The van der Waals surface area contributed by atoms with Gasteiger partial charge in [-0.3, -0.25) is 0 Å². The van der Waals surface area contributed by atoms with E-state index in [2.05, 4.69) is 0 Å². The maximum atomic E-state index is 11.4. The van der Waals surface area contributed by atoms with Gasteiger partial charge < -0.3 is 14.6 Å². The maximum absolute atomic E-state index is 11.4. The zero-order valence-electron chi connectivity index (χ0n) is 13.2. The van der Waals surface area contributed by atoms with E-state index in [1.807, 2.05) is 13.8 Å². The highest BCUT2D eigenvalue weighted by molar-refractivity contribution is 7.88. The predicted octanol–water partition coefficient (Wildman–Crippen LogP) is 1.12. The Balaban J connectivity index is 1.84. The first-order chi connectivity index (χ1) is 10.5. The Labute approximate surface area is 134 Å². The van der Waals surface area contributed by atoms with Crippen LogP contribution in [0.5, 0.6) is 11.5 Å². The number of carbonyl (C=O) groups is 1. The van der Waals surface area contributed by atoms with Crippen molar-refractivity contribution in [1.82, 2.24) is 4.31 Å². The van der Waals surface area contributed by atoms with E-state index in [-0.39, 0.29) is 24.8 Å². The molecule has 23 heavy (non-hydrogen) atoms. The minimum absolute atomic E-state index is 0.0933. The molecule has 0 amide bonds. The molecule has 126 valence electrons. The van der Waals surface area contributed by atoms with E-state index >= 15 is 0 Å². The second-order valence-electron chi connectivity index (χ2n) is 6.61. The molecule has 0 bridgehead atoms. The number of rotatable bonds is 4. The van der Waals surface area contributed by atoms with Crippen molar-refractivity contribution in [3.8, 4) is 11.5 Å². The summed E-state index contributed by atoms with van der Waals surface area (Å²) in [6.45, 7) is 4.39. The molecule has 0 radical (unpaired) electrons. The summed E-state index contributed by atoms with van der Waals surface area (Å²) >= 11 is 0. The average Bonchev–Trinajstić information content (AvgIpc) is 2.65. The Hall–Kier alpha value is -1.80. The van der Waals surface area contributed by atoms with Gasteiger partial charge in [-0.2, -0.15) is 4.31 Å². The van der Waals surface area contributed by atoms with E-state index in [9.17, 15) is 18.3 Å². The fraction of sp³-hybridized carbons (Fsp3) is 0.533. The van der Waals surface area contributed by atoms with Crippen LogP contribution in [0, 0.1) is 0 Å². The molecule has 2 heterocycles. The number of benzene rings is 1. The predicted molar refractivity (Wildman–Crippen MR) is 82.6 cm³/mol. The monoisotopic (exact) mass is 341 g/mol. The summed E-state index contributed by atoms with van der Waals surface area (Å²) in [5.41, 5.74) is 0.504. The third kappa shape index (κ3) is 3.13. The summed E-state index contributed by atoms with van der Waals surface area (Å²) in [6.07, 6.45) is 1.49. The van der Waals surface area contributed by atoms with Crippen LogP contribution in [0.15, 0.2) is 12.1 Å². The number of nitrogens with zero attached hydrogens (tertiary/aromatic N) is 1. The first-order valence-corrected chi connectivity index (χ1v) is 9.11. The minimum atomic E-state index is -3.21. The second kappa shape index (κ2) is 5.10. The molecule has 0 atom stereocenters. The lowest BCUT2D eigenvalue weighted by Gasteiger charge is -2.37. The average molecular weight is 341 g/mol. The van der Waals surface area contributed by atoms with E-state index in [0.29, 0.717) is 17.9 Å². The summed E-state index contributed by atoms with van der Waals surface area (Å²) < 4.78 is 35.8. The van der Waals surface area contributed by atoms with Gasteiger partial charge in [-0.05, 0) is 26.0 Å². The molecule has 0 spiro atoms. The summed E-state index contributed by atoms with van der Waals surface area (Å²) in [5, 5.41) is 9.23. The van der Waals surface area contributed by atoms with Crippen molar-refractivity contribution in [2.45, 2.75) is 32.0 Å². The summed E-state index contributed by atoms with van der Waals surface area (Å²) in [4.78, 5) is 11.3. The number of hydrogen-bond acceptors (Lipinski definition) is 5. The third-order valence-corrected chi connectivity index (χ3v) is 5.22. The molecule has 2 aliphatic heterocycles. The molecule has 1 fully saturated rings. The topological polar surface area (TPSA) is 93.1 Å². The standard InChI is InChI=1S/C15H19NO6S/c1-15(2)6-11-12(4-9(14(17)18)5-13(11)22-15)21-10-7-16(8-10)23(3,19)20/h4-5,10H,6-8H2,1-3H3,(H,17,18). The van der Waals surface area contributed by atoms with Gasteiger partial charge in [-0.25, -0.2) is 13.2 Å². The lowest BCUT2D eigenvalue weighted by molar-refractivity contribution is 0.0686. The van der Waals surface area contributed by atoms with E-state index < -0.39 is 21.6 Å². The molecule has 0 aromatic heterocycles. The number of aromatic carboxylic acids is 1. The van der Waals surface area contributed by atoms with E-state index in [0.717, 1.165) is 11.8 Å². The number of carboxylic acids is 1. The SMILES string of the molecule is CC1(C)Cc2c(OC3CN(S(C)(=O)=O)C3)cc(C(=O)O)cc2O1. The van der Waals surface area contributed by atoms with Crippen LogP contribution < -0.4 is 9.47 Å². The molecule has 0 aliphatic carbocycles. The first kappa shape index (κ1) is 16.1. The Morgan fingerprint density at radius 1 is 1.39 bits per heavy atom. The van der Waals surface area contributed by atoms with Crippen molar-refractivity contribution in [1.29, 1.82) is 0 Å². The fourth-order valence-corrected chi connectivity index (χ4v) is 3.67. The molecule has 0 saturated carbocycles. The molecule has 8 heteroatoms. The third-order valence-electron chi connectivity index (χ3n) is 3.98. The van der Waals surface area contributed by atoms with Gasteiger partial charge in [0.1, 0.15) is 23.2 Å². The highest BCUT2D eigenvalue weighted by Crippen LogP contribution is 2.42. The van der Waals surface area contributed by atoms with Gasteiger partial charge in [0.15, 0.2) is 0 Å². The van der Waals surface area contributed by atoms with Crippen molar-refractivity contribution in [2.75, 3.05) is 19.3 Å². The largest absolute Gasteiger partial charge is 0.487 e. The number of fused-ring (bicyclic) bond motifs is 1. The summed E-state index contributed by atoms with van der Waals surface area (Å²) in [6, 6.07) is 2.98. The van der Waals surface area contributed by atoms with Crippen LogP contribution in [0.3, 0.4) is 0 Å². The van der Waals surface area contributed by atoms with Crippen LogP contribution in [0.4, 0.5) is 0 Å². The molecule has 1 N–H and O–H groups in total. The Morgan fingerprint density at radius 2 is 2.04 bits per heavy atom. The number of hydrogen-bond donors (Lipinski definition) is 1. The quantitative estimate of drug-likeness (QED) is 0.882. The molecular formula is C15H19NO6S. The molecule has 1 saturated heterocycles. The zero-order chi connectivity index (χ0) is 17.0. The Morgan fingerprint density at radius 3 is 2.61 bits per heavy atom. The van der Waals surface area contributed by atoms with Crippen LogP contribution in [-0.2, 0) is 16.4 Å². The fourth-order valence-electron chi connectivity index (χ4n) is 2.80. The molecule has 0 unspecified atom stereocenters. The molecule has 7 nitrogen and oxygen atoms in total. The number of sulfonamides is 1. The maximum Gasteiger partial charge on any atom is 0.335 e. The Kier molecular flexibility index (Phi) is 3.57. The van der Waals surface area contributed by atoms with Crippen molar-refractivity contribution < 1.29 is 27.8 Å². The van der Waals surface area contributed by atoms with Gasteiger partial charge in [-0.1, -0.05) is 0 Å². The van der Waals surface area contributed by atoms with Gasteiger partial charge in [0.05, 0.1) is 24.9 Å². The first-order valence-electron chi connectivity index (χ1n) is 7.26.